The number of nitrogens with one attached hydrogen (secondary N) is 1. The van der Waals surface area contributed by atoms with Gasteiger partial charge in [0.2, 0.25) is 5.91 Å². The van der Waals surface area contributed by atoms with Crippen molar-refractivity contribution in [2.75, 3.05) is 13.2 Å². The number of hydrogen-bond acceptors (Lipinski definition) is 5. The number of hydrogen-bond donors (Lipinski definition) is 3. The number of carbonyl (C=O) groups is 2. The molecule has 0 rings (SSSR count). The highest BCUT2D eigenvalue weighted by Gasteiger charge is 2.20. The maximum atomic E-state index is 12.6. The van der Waals surface area contributed by atoms with Gasteiger partial charge in [-0.25, -0.2) is 0 Å². The first kappa shape index (κ1) is 77.1. The van der Waals surface area contributed by atoms with Crippen LogP contribution in [0.2, 0.25) is 0 Å². The van der Waals surface area contributed by atoms with Gasteiger partial charge in [-0.3, -0.25) is 9.59 Å². The number of allylic oxidation sites excluding steroid dienone is 6. The summed E-state index contributed by atoms with van der Waals surface area (Å²) in [5, 5.41) is 23.4. The number of aliphatic hydroxyl groups is 2. The maximum absolute atomic E-state index is 12.6. The van der Waals surface area contributed by atoms with Crippen LogP contribution in [-0.2, 0) is 14.3 Å². The quantitative estimate of drug-likeness (QED) is 0.0244. The minimum atomic E-state index is -0.674. The highest BCUT2D eigenvalue weighted by Crippen LogP contribution is 2.19. The van der Waals surface area contributed by atoms with Crippen molar-refractivity contribution in [3.63, 3.8) is 0 Å². The topological polar surface area (TPSA) is 95.9 Å². The number of carbonyl (C=O) groups excluding carboxylic acids is 2. The number of unbranched alkanes of at least 4 members (excludes halogenated alkanes) is 51. The van der Waals surface area contributed by atoms with Gasteiger partial charge in [-0.1, -0.05) is 333 Å². The number of aliphatic hydroxyl groups excluding tert-OH is 2. The molecule has 6 heteroatoms. The predicted molar refractivity (Wildman–Crippen MR) is 347 cm³/mol. The Morgan fingerprint density at radius 1 is 0.354 bits per heavy atom. The lowest BCUT2D eigenvalue weighted by Crippen LogP contribution is -2.45. The average molecular weight is 1110 g/mol. The first-order valence-corrected chi connectivity index (χ1v) is 35.8. The van der Waals surface area contributed by atoms with Gasteiger partial charge < -0.3 is 20.3 Å². The fraction of sp³-hybridized carbons (Fsp3) is 0.890. The molecule has 0 aromatic rings. The summed E-state index contributed by atoms with van der Waals surface area (Å²) in [6, 6.07) is -0.552. The lowest BCUT2D eigenvalue weighted by Gasteiger charge is -2.22. The van der Waals surface area contributed by atoms with Crippen LogP contribution in [0.5, 0.6) is 0 Å². The zero-order valence-electron chi connectivity index (χ0n) is 53.4. The van der Waals surface area contributed by atoms with Crippen LogP contribution in [0.3, 0.4) is 0 Å². The third kappa shape index (κ3) is 65.1. The third-order valence-corrected chi connectivity index (χ3v) is 16.7. The molecule has 0 aromatic carbocycles. The summed E-state index contributed by atoms with van der Waals surface area (Å²) in [5.74, 6) is -0.0560. The van der Waals surface area contributed by atoms with Crippen LogP contribution >= 0.6 is 0 Å². The molecule has 0 aromatic heterocycles. The van der Waals surface area contributed by atoms with Gasteiger partial charge in [0.15, 0.2) is 0 Å². The Morgan fingerprint density at radius 2 is 0.633 bits per heavy atom. The number of esters is 1. The van der Waals surface area contributed by atoms with Crippen LogP contribution in [0.25, 0.3) is 0 Å². The molecule has 0 heterocycles. The van der Waals surface area contributed by atoms with E-state index in [0.717, 1.165) is 70.6 Å². The molecule has 79 heavy (non-hydrogen) atoms. The van der Waals surface area contributed by atoms with Crippen molar-refractivity contribution in [1.82, 2.24) is 5.32 Å². The molecule has 0 spiro atoms. The van der Waals surface area contributed by atoms with E-state index in [2.05, 4.69) is 55.6 Å². The Balaban J connectivity index is 3.45. The molecule has 2 unspecified atom stereocenters. The molecule has 0 saturated heterocycles. The summed E-state index contributed by atoms with van der Waals surface area (Å²) in [6.07, 6.45) is 87.6. The normalized spacial score (nSPS) is 12.7. The predicted octanol–water partition coefficient (Wildman–Crippen LogP) is 23.1. The monoisotopic (exact) mass is 1110 g/mol. The second kappa shape index (κ2) is 68.6. The van der Waals surface area contributed by atoms with E-state index >= 15 is 0 Å². The highest BCUT2D eigenvalue weighted by molar-refractivity contribution is 5.76. The van der Waals surface area contributed by atoms with Crippen LogP contribution in [0.1, 0.15) is 393 Å². The van der Waals surface area contributed by atoms with Gasteiger partial charge in [0.25, 0.3) is 0 Å². The summed E-state index contributed by atoms with van der Waals surface area (Å²) in [4.78, 5) is 24.6. The fourth-order valence-corrected chi connectivity index (χ4v) is 11.2. The zero-order valence-corrected chi connectivity index (χ0v) is 53.4. The molecular weight excluding hydrogens is 971 g/mol. The fourth-order valence-electron chi connectivity index (χ4n) is 11.2. The van der Waals surface area contributed by atoms with Gasteiger partial charge in [-0.05, 0) is 83.5 Å². The molecule has 0 aliphatic carbocycles. The Hall–Kier alpha value is -1.92. The number of rotatable bonds is 67. The van der Waals surface area contributed by atoms with E-state index in [0.29, 0.717) is 25.9 Å². The molecule has 0 radical (unpaired) electrons. The number of ether oxygens (including phenoxy) is 1. The molecular formula is C73H139NO5. The molecule has 1 amide bonds. The zero-order chi connectivity index (χ0) is 57.1. The molecule has 0 saturated carbocycles. The highest BCUT2D eigenvalue weighted by atomic mass is 16.5. The Labute approximate surface area is 494 Å². The summed E-state index contributed by atoms with van der Waals surface area (Å²) < 4.78 is 5.47. The Bertz CT molecular complexity index is 1280. The summed E-state index contributed by atoms with van der Waals surface area (Å²) >= 11 is 0. The van der Waals surface area contributed by atoms with Crippen molar-refractivity contribution in [2.45, 2.75) is 405 Å². The molecule has 0 aliphatic rings. The van der Waals surface area contributed by atoms with Gasteiger partial charge in [0, 0.05) is 12.8 Å². The average Bonchev–Trinajstić information content (AvgIpc) is 3.45. The van der Waals surface area contributed by atoms with Crippen molar-refractivity contribution in [3.8, 4) is 0 Å². The van der Waals surface area contributed by atoms with Crippen LogP contribution in [0.4, 0.5) is 0 Å². The second-order valence-corrected chi connectivity index (χ2v) is 24.6. The minimum Gasteiger partial charge on any atom is -0.466 e. The van der Waals surface area contributed by atoms with Crippen LogP contribution in [-0.4, -0.2) is 47.4 Å². The summed E-state index contributed by atoms with van der Waals surface area (Å²) in [6.45, 7) is 4.94. The van der Waals surface area contributed by atoms with E-state index in [1.807, 2.05) is 0 Å². The van der Waals surface area contributed by atoms with Crippen LogP contribution in [0.15, 0.2) is 36.5 Å². The Kier molecular flexibility index (Phi) is 66.9. The van der Waals surface area contributed by atoms with E-state index in [9.17, 15) is 19.8 Å². The van der Waals surface area contributed by atoms with E-state index < -0.39 is 12.1 Å². The maximum Gasteiger partial charge on any atom is 0.305 e. The molecule has 3 N–H and O–H groups in total. The SMILES string of the molecule is CCCCCCCCC/C=C\CCCCCCCCCC(=O)OCCCCC/C=C\C=C/CCCCCCCCCCCCC(=O)NC(CO)C(O)CCCCCCCCCCCCCCCCCCCCCCCCCCC. The lowest BCUT2D eigenvalue weighted by atomic mass is 10.0. The minimum absolute atomic E-state index is 0.0153. The molecule has 0 fully saturated rings. The largest absolute Gasteiger partial charge is 0.466 e. The van der Waals surface area contributed by atoms with Crippen molar-refractivity contribution in [3.05, 3.63) is 36.5 Å². The van der Waals surface area contributed by atoms with Crippen LogP contribution < -0.4 is 5.32 Å². The first-order valence-electron chi connectivity index (χ1n) is 35.8. The molecule has 466 valence electrons. The summed E-state index contributed by atoms with van der Waals surface area (Å²) in [7, 11) is 0. The van der Waals surface area contributed by atoms with E-state index in [1.165, 1.54) is 289 Å². The van der Waals surface area contributed by atoms with Crippen LogP contribution in [0, 0.1) is 0 Å². The lowest BCUT2D eigenvalue weighted by molar-refractivity contribution is -0.143. The standard InChI is InChI=1S/C73H139NO5/c1-3-5-7-9-11-13-15-17-19-21-23-24-25-26-27-28-30-33-37-41-45-49-53-57-61-65-71(76)70(69-75)74-72(77)66-62-58-54-50-46-42-38-34-31-29-32-36-40-44-48-52-56-60-64-68-79-73(78)67-63-59-55-51-47-43-39-35-22-20-18-16-14-12-10-8-6-4-2/h20,22,36,40,44,48,70-71,75-76H,3-19,21,23-35,37-39,41-43,45-47,49-69H2,1-2H3,(H,74,77)/b22-20-,40-36-,48-44-. The van der Waals surface area contributed by atoms with Crippen molar-refractivity contribution in [2.24, 2.45) is 0 Å². The third-order valence-electron chi connectivity index (χ3n) is 16.7. The van der Waals surface area contributed by atoms with E-state index in [-0.39, 0.29) is 18.5 Å². The first-order chi connectivity index (χ1) is 39.0. The smallest absolute Gasteiger partial charge is 0.305 e. The second-order valence-electron chi connectivity index (χ2n) is 24.6. The van der Waals surface area contributed by atoms with Crippen molar-refractivity contribution >= 4 is 11.9 Å². The Morgan fingerprint density at radius 3 is 0.975 bits per heavy atom. The summed E-state index contributed by atoms with van der Waals surface area (Å²) in [5.41, 5.74) is 0. The van der Waals surface area contributed by atoms with Gasteiger partial charge in [0.05, 0.1) is 25.4 Å². The van der Waals surface area contributed by atoms with Gasteiger partial charge >= 0.3 is 5.97 Å². The van der Waals surface area contributed by atoms with Gasteiger partial charge in [-0.2, -0.15) is 0 Å². The number of amides is 1. The molecule has 0 bridgehead atoms. The molecule has 2 atom stereocenters. The molecule has 6 nitrogen and oxygen atoms in total. The van der Waals surface area contributed by atoms with E-state index in [1.54, 1.807) is 0 Å². The molecule has 0 aliphatic heterocycles. The van der Waals surface area contributed by atoms with Gasteiger partial charge in [-0.15, -0.1) is 0 Å². The van der Waals surface area contributed by atoms with Gasteiger partial charge in [0.1, 0.15) is 0 Å². The van der Waals surface area contributed by atoms with Crippen molar-refractivity contribution in [1.29, 1.82) is 0 Å². The van der Waals surface area contributed by atoms with E-state index in [4.69, 9.17) is 4.74 Å². The van der Waals surface area contributed by atoms with Crippen molar-refractivity contribution < 1.29 is 24.5 Å².